The number of carboxylic acids is 2. The third-order valence-electron chi connectivity index (χ3n) is 9.01. The van der Waals surface area contributed by atoms with E-state index in [9.17, 15) is 9.59 Å². The lowest BCUT2D eigenvalue weighted by molar-refractivity contribution is 0.0686. The average Bonchev–Trinajstić information content (AvgIpc) is 3.22. The van der Waals surface area contributed by atoms with Gasteiger partial charge in [0.25, 0.3) is 0 Å². The molecule has 0 saturated heterocycles. The van der Waals surface area contributed by atoms with Crippen molar-refractivity contribution >= 4 is 46.1 Å². The number of aromatic carboxylic acids is 2. The molecule has 0 unspecified atom stereocenters. The molecule has 0 aliphatic carbocycles. The zero-order valence-corrected chi connectivity index (χ0v) is 29.1. The molecule has 13 nitrogen and oxygen atoms in total. The van der Waals surface area contributed by atoms with Crippen LogP contribution in [0.4, 0.5) is 34.1 Å². The molecule has 0 spiro atoms. The number of hydrogen-bond donors (Lipinski definition) is 2. The molecule has 0 fully saturated rings. The molecule has 2 aliphatic rings. The highest BCUT2D eigenvalue weighted by Crippen LogP contribution is 2.35. The Kier molecular flexibility index (Phi) is 9.55. The number of hydrogen-bond acceptors (Lipinski definition) is 11. The van der Waals surface area contributed by atoms with Gasteiger partial charge in [0.2, 0.25) is 0 Å². The van der Waals surface area contributed by atoms with Crippen LogP contribution in [0.2, 0.25) is 0 Å². The smallest absolute Gasteiger partial charge is 0.335 e. The van der Waals surface area contributed by atoms with Crippen molar-refractivity contribution in [1.29, 1.82) is 0 Å². The molecule has 6 aromatic rings. The highest BCUT2D eigenvalue weighted by atomic mass is 16.5. The van der Waals surface area contributed by atoms with Crippen LogP contribution in [0.1, 0.15) is 31.8 Å². The molecule has 2 aliphatic heterocycles. The molecule has 0 saturated carbocycles. The number of azo groups is 2. The summed E-state index contributed by atoms with van der Waals surface area (Å²) in [4.78, 5) is 26.4. The predicted molar refractivity (Wildman–Crippen MR) is 204 cm³/mol. The Labute approximate surface area is 315 Å². The first-order chi connectivity index (χ1) is 26.8. The average molecular weight is 733 g/mol. The normalized spacial score (nSPS) is 13.5. The van der Waals surface area contributed by atoms with E-state index >= 15 is 0 Å². The summed E-state index contributed by atoms with van der Waals surface area (Å²) < 4.78 is 18.3. The van der Waals surface area contributed by atoms with E-state index in [2.05, 4.69) is 30.3 Å². The van der Waals surface area contributed by atoms with Crippen molar-refractivity contribution in [2.24, 2.45) is 20.5 Å². The van der Waals surface area contributed by atoms with Crippen LogP contribution in [0.3, 0.4) is 0 Å². The standard InChI is InChI=1S/C42H32N6O7/c49-41(50)27-1-7-31(8-2-27)43-45-33-11-5-29-23-47(25-53-39(29)21-33)35-13-17-37(18-14-35)55-38-19-15-36(16-20-38)48-24-30-6-12-34(22-40(30)54-26-48)46-44-32-9-3-28(4-10-32)42(51)52/h1-22H,23-26H2,(H,49,50)(H,51,52). The van der Waals surface area contributed by atoms with Crippen LogP contribution in [0.5, 0.6) is 23.0 Å². The second-order valence-corrected chi connectivity index (χ2v) is 12.7. The molecule has 55 heavy (non-hydrogen) atoms. The van der Waals surface area contributed by atoms with Crippen molar-refractivity contribution in [3.8, 4) is 23.0 Å². The minimum atomic E-state index is -0.987. The van der Waals surface area contributed by atoms with E-state index in [-0.39, 0.29) is 11.1 Å². The Bertz CT molecular complexity index is 2250. The van der Waals surface area contributed by atoms with Gasteiger partial charge in [-0.3, -0.25) is 0 Å². The van der Waals surface area contributed by atoms with Gasteiger partial charge in [0.05, 0.1) is 33.9 Å². The van der Waals surface area contributed by atoms with Crippen molar-refractivity contribution in [3.05, 3.63) is 156 Å². The fraction of sp³-hybridized carbons (Fsp3) is 0.0952. The number of anilines is 2. The van der Waals surface area contributed by atoms with Crippen molar-refractivity contribution in [2.45, 2.75) is 13.1 Å². The molecule has 0 amide bonds. The van der Waals surface area contributed by atoms with Gasteiger partial charge in [-0.15, -0.1) is 0 Å². The molecule has 2 heterocycles. The van der Waals surface area contributed by atoms with Crippen LogP contribution >= 0.6 is 0 Å². The summed E-state index contributed by atoms with van der Waals surface area (Å²) in [5, 5.41) is 35.1. The molecule has 0 aromatic heterocycles. The van der Waals surface area contributed by atoms with Crippen molar-refractivity contribution in [1.82, 2.24) is 0 Å². The zero-order chi connectivity index (χ0) is 37.7. The number of fused-ring (bicyclic) bond motifs is 2. The summed E-state index contributed by atoms with van der Waals surface area (Å²) in [7, 11) is 0. The van der Waals surface area contributed by atoms with E-state index in [1.165, 1.54) is 24.3 Å². The van der Waals surface area contributed by atoms with E-state index in [0.29, 0.717) is 60.8 Å². The van der Waals surface area contributed by atoms with Crippen LogP contribution < -0.4 is 24.0 Å². The maximum Gasteiger partial charge on any atom is 0.335 e. The lowest BCUT2D eigenvalue weighted by atomic mass is 10.1. The molecular weight excluding hydrogens is 700 g/mol. The molecule has 0 radical (unpaired) electrons. The fourth-order valence-corrected chi connectivity index (χ4v) is 6.03. The number of benzene rings is 6. The van der Waals surface area contributed by atoms with Gasteiger partial charge in [0.15, 0.2) is 13.5 Å². The molecular formula is C42H32N6O7. The van der Waals surface area contributed by atoms with Gasteiger partial charge >= 0.3 is 11.9 Å². The minimum absolute atomic E-state index is 0.196. The number of ether oxygens (including phenoxy) is 3. The van der Waals surface area contributed by atoms with Crippen LogP contribution in [0, 0.1) is 0 Å². The second-order valence-electron chi connectivity index (χ2n) is 12.7. The van der Waals surface area contributed by atoms with Gasteiger partial charge in [-0.25, -0.2) is 9.59 Å². The van der Waals surface area contributed by atoms with Gasteiger partial charge in [-0.1, -0.05) is 12.1 Å². The van der Waals surface area contributed by atoms with Crippen LogP contribution in [0.15, 0.2) is 154 Å². The lowest BCUT2D eigenvalue weighted by Gasteiger charge is -2.31. The highest BCUT2D eigenvalue weighted by Gasteiger charge is 2.20. The zero-order valence-electron chi connectivity index (χ0n) is 29.1. The van der Waals surface area contributed by atoms with E-state index in [4.69, 9.17) is 24.4 Å². The Morgan fingerprint density at radius 2 is 0.855 bits per heavy atom. The summed E-state index contributed by atoms with van der Waals surface area (Å²) in [6, 6.07) is 39.6. The fourth-order valence-electron chi connectivity index (χ4n) is 6.03. The van der Waals surface area contributed by atoms with Gasteiger partial charge in [-0.05, 0) is 109 Å². The number of carbonyl (C=O) groups is 2. The molecule has 272 valence electrons. The summed E-state index contributed by atoms with van der Waals surface area (Å²) in [5.41, 5.74) is 6.82. The van der Waals surface area contributed by atoms with Crippen molar-refractivity contribution < 1.29 is 34.0 Å². The van der Waals surface area contributed by atoms with Crippen LogP contribution in [-0.4, -0.2) is 35.6 Å². The minimum Gasteiger partial charge on any atom is -0.478 e. The number of carboxylic acid groups (broad SMARTS) is 2. The number of rotatable bonds is 10. The first kappa shape index (κ1) is 34.5. The van der Waals surface area contributed by atoms with E-state index < -0.39 is 11.9 Å². The summed E-state index contributed by atoms with van der Waals surface area (Å²) in [6.45, 7) is 2.06. The third-order valence-corrected chi connectivity index (χ3v) is 9.01. The van der Waals surface area contributed by atoms with E-state index in [1.54, 1.807) is 24.3 Å². The maximum absolute atomic E-state index is 11.1. The topological polar surface area (TPSA) is 158 Å². The van der Waals surface area contributed by atoms with E-state index in [1.807, 2.05) is 84.9 Å². The Morgan fingerprint density at radius 1 is 0.491 bits per heavy atom. The third kappa shape index (κ3) is 8.10. The largest absolute Gasteiger partial charge is 0.478 e. The summed E-state index contributed by atoms with van der Waals surface area (Å²) >= 11 is 0. The van der Waals surface area contributed by atoms with Gasteiger partial charge < -0.3 is 34.2 Å². The van der Waals surface area contributed by atoms with Crippen molar-refractivity contribution in [3.63, 3.8) is 0 Å². The summed E-state index contributed by atoms with van der Waals surface area (Å²) in [6.07, 6.45) is 0. The Balaban J connectivity index is 0.835. The molecule has 0 bridgehead atoms. The Morgan fingerprint density at radius 3 is 1.24 bits per heavy atom. The first-order valence-corrected chi connectivity index (χ1v) is 17.2. The lowest BCUT2D eigenvalue weighted by Crippen LogP contribution is -2.31. The van der Waals surface area contributed by atoms with Crippen LogP contribution in [-0.2, 0) is 13.1 Å². The van der Waals surface area contributed by atoms with Crippen LogP contribution in [0.25, 0.3) is 0 Å². The van der Waals surface area contributed by atoms with Gasteiger partial charge in [-0.2, -0.15) is 20.5 Å². The van der Waals surface area contributed by atoms with Gasteiger partial charge in [0.1, 0.15) is 23.0 Å². The molecule has 8 rings (SSSR count). The van der Waals surface area contributed by atoms with E-state index in [0.717, 1.165) is 34.0 Å². The quantitative estimate of drug-likeness (QED) is 0.131. The van der Waals surface area contributed by atoms with Gasteiger partial charge in [0, 0.05) is 47.7 Å². The monoisotopic (exact) mass is 732 g/mol. The van der Waals surface area contributed by atoms with Crippen molar-refractivity contribution in [2.75, 3.05) is 23.3 Å². The highest BCUT2D eigenvalue weighted by molar-refractivity contribution is 5.88. The maximum atomic E-state index is 11.1. The molecule has 13 heteroatoms. The predicted octanol–water partition coefficient (Wildman–Crippen LogP) is 10.4. The summed E-state index contributed by atoms with van der Waals surface area (Å²) in [5.74, 6) is 0.939. The molecule has 6 aromatic carbocycles. The Hall–Kier alpha value is -7.54. The SMILES string of the molecule is O=C(O)c1ccc(N=Nc2ccc3c(c2)OCN(c2ccc(Oc4ccc(N5COc6cc(N=Nc7ccc(C(=O)O)cc7)ccc6C5)cc4)cc2)C3)cc1. The second kappa shape index (κ2) is 15.2. The number of nitrogens with zero attached hydrogens (tertiary/aromatic N) is 6. The molecule has 2 N–H and O–H groups in total. The first-order valence-electron chi connectivity index (χ1n) is 17.2. The molecule has 0 atom stereocenters.